The van der Waals surface area contributed by atoms with Crippen molar-refractivity contribution in [2.24, 2.45) is 0 Å². The van der Waals surface area contributed by atoms with Gasteiger partial charge in [0.15, 0.2) is 0 Å². The van der Waals surface area contributed by atoms with Crippen molar-refractivity contribution in [3.63, 3.8) is 0 Å². The van der Waals surface area contributed by atoms with Gasteiger partial charge in [0, 0.05) is 4.87 Å². The van der Waals surface area contributed by atoms with E-state index in [4.69, 9.17) is 11.6 Å². The smallest absolute Gasteiger partial charge is 0.0446 e. The van der Waals surface area contributed by atoms with Crippen molar-refractivity contribution < 1.29 is 0 Å². The van der Waals surface area contributed by atoms with Gasteiger partial charge in [0.1, 0.15) is 0 Å². The number of halogens is 1. The lowest BCUT2D eigenvalue weighted by molar-refractivity contribution is 0.412. The summed E-state index contributed by atoms with van der Waals surface area (Å²) in [6.45, 7) is 6.76. The lowest BCUT2D eigenvalue weighted by atomic mass is 9.90. The first-order chi connectivity index (χ1) is 7.18. The van der Waals surface area contributed by atoms with E-state index < -0.39 is 0 Å². The largest absolute Gasteiger partial charge is 0.119 e. The standard InChI is InChI=1S/C14H29Cl/c1-4-7-10-13-14(15,11-8-5-2)12-9-6-3/h4-13H2,1-3H3. The lowest BCUT2D eigenvalue weighted by Gasteiger charge is -2.27. The Morgan fingerprint density at radius 1 is 0.667 bits per heavy atom. The van der Waals surface area contributed by atoms with Crippen LogP contribution in [0.4, 0.5) is 0 Å². The second-order valence-electron chi connectivity index (χ2n) is 4.82. The summed E-state index contributed by atoms with van der Waals surface area (Å²) in [7, 11) is 0. The Labute approximate surface area is 102 Å². The van der Waals surface area contributed by atoms with Gasteiger partial charge in [0.25, 0.3) is 0 Å². The molecule has 0 bridgehead atoms. The molecule has 1 heteroatoms. The highest BCUT2D eigenvalue weighted by molar-refractivity contribution is 6.23. The summed E-state index contributed by atoms with van der Waals surface area (Å²) in [5, 5.41) is 0. The van der Waals surface area contributed by atoms with Crippen LogP contribution >= 0.6 is 11.6 Å². The molecule has 0 nitrogen and oxygen atoms in total. The molecular weight excluding hydrogens is 204 g/mol. The number of hydrogen-bond acceptors (Lipinski definition) is 0. The third kappa shape index (κ3) is 8.13. The molecule has 0 rings (SSSR count). The molecule has 0 saturated heterocycles. The van der Waals surface area contributed by atoms with Gasteiger partial charge in [0.2, 0.25) is 0 Å². The quantitative estimate of drug-likeness (QED) is 0.324. The fourth-order valence-corrected chi connectivity index (χ4v) is 2.45. The molecule has 0 aliphatic rings. The minimum absolute atomic E-state index is 0.126. The Kier molecular flexibility index (Phi) is 9.70. The highest BCUT2D eigenvalue weighted by Crippen LogP contribution is 2.34. The predicted molar refractivity (Wildman–Crippen MR) is 71.8 cm³/mol. The van der Waals surface area contributed by atoms with Gasteiger partial charge in [-0.1, -0.05) is 65.7 Å². The van der Waals surface area contributed by atoms with Crippen LogP contribution in [0.25, 0.3) is 0 Å². The average Bonchev–Trinajstić information content (AvgIpc) is 2.24. The fourth-order valence-electron chi connectivity index (χ4n) is 2.05. The van der Waals surface area contributed by atoms with E-state index in [-0.39, 0.29) is 4.87 Å². The van der Waals surface area contributed by atoms with Crippen molar-refractivity contribution in [1.82, 2.24) is 0 Å². The van der Waals surface area contributed by atoms with Crippen molar-refractivity contribution in [1.29, 1.82) is 0 Å². The fraction of sp³-hybridized carbons (Fsp3) is 1.00. The van der Waals surface area contributed by atoms with Gasteiger partial charge < -0.3 is 0 Å². The van der Waals surface area contributed by atoms with Crippen LogP contribution in [0.1, 0.15) is 85.0 Å². The third-order valence-corrected chi connectivity index (χ3v) is 3.75. The van der Waals surface area contributed by atoms with Crippen molar-refractivity contribution in [2.75, 3.05) is 0 Å². The molecule has 0 spiro atoms. The second-order valence-corrected chi connectivity index (χ2v) is 5.62. The molecule has 0 saturated carbocycles. The number of hydrogen-bond donors (Lipinski definition) is 0. The zero-order valence-corrected chi connectivity index (χ0v) is 11.7. The zero-order chi connectivity index (χ0) is 11.6. The van der Waals surface area contributed by atoms with Gasteiger partial charge in [-0.25, -0.2) is 0 Å². The maximum Gasteiger partial charge on any atom is 0.0446 e. The Balaban J connectivity index is 3.89. The number of alkyl halides is 1. The summed E-state index contributed by atoms with van der Waals surface area (Å²) in [4.78, 5) is 0.126. The van der Waals surface area contributed by atoms with Gasteiger partial charge in [0.05, 0.1) is 0 Å². The van der Waals surface area contributed by atoms with Gasteiger partial charge in [-0.3, -0.25) is 0 Å². The van der Waals surface area contributed by atoms with E-state index in [1.807, 2.05) is 0 Å². The molecule has 0 atom stereocenters. The van der Waals surface area contributed by atoms with E-state index in [0.29, 0.717) is 0 Å². The minimum atomic E-state index is 0.126. The topological polar surface area (TPSA) is 0 Å². The van der Waals surface area contributed by atoms with Crippen LogP contribution in [-0.4, -0.2) is 4.87 Å². The molecular formula is C14H29Cl. The maximum atomic E-state index is 6.73. The van der Waals surface area contributed by atoms with Crippen LogP contribution in [0.2, 0.25) is 0 Å². The highest BCUT2D eigenvalue weighted by atomic mass is 35.5. The van der Waals surface area contributed by atoms with E-state index in [1.165, 1.54) is 64.2 Å². The summed E-state index contributed by atoms with van der Waals surface area (Å²) < 4.78 is 0. The molecule has 92 valence electrons. The monoisotopic (exact) mass is 232 g/mol. The molecule has 0 aromatic heterocycles. The SMILES string of the molecule is CCCCCC(Cl)(CCCC)CCCC. The maximum absolute atomic E-state index is 6.73. The third-order valence-electron chi connectivity index (χ3n) is 3.19. The lowest BCUT2D eigenvalue weighted by Crippen LogP contribution is -2.21. The van der Waals surface area contributed by atoms with Crippen molar-refractivity contribution in [2.45, 2.75) is 89.9 Å². The average molecular weight is 233 g/mol. The minimum Gasteiger partial charge on any atom is -0.119 e. The first-order valence-corrected chi connectivity index (χ1v) is 7.25. The molecule has 0 aromatic rings. The van der Waals surface area contributed by atoms with E-state index in [2.05, 4.69) is 20.8 Å². The second kappa shape index (κ2) is 9.51. The molecule has 0 unspecified atom stereocenters. The summed E-state index contributed by atoms with van der Waals surface area (Å²) >= 11 is 6.73. The normalized spacial score (nSPS) is 12.0. The van der Waals surface area contributed by atoms with Gasteiger partial charge >= 0.3 is 0 Å². The van der Waals surface area contributed by atoms with Crippen LogP contribution in [-0.2, 0) is 0 Å². The van der Waals surface area contributed by atoms with Crippen LogP contribution in [0.3, 0.4) is 0 Å². The van der Waals surface area contributed by atoms with E-state index in [9.17, 15) is 0 Å². The van der Waals surface area contributed by atoms with Crippen molar-refractivity contribution >= 4 is 11.6 Å². The van der Waals surface area contributed by atoms with Crippen molar-refractivity contribution in [3.05, 3.63) is 0 Å². The van der Waals surface area contributed by atoms with Gasteiger partial charge in [-0.15, -0.1) is 11.6 Å². The van der Waals surface area contributed by atoms with Crippen molar-refractivity contribution in [3.8, 4) is 0 Å². The summed E-state index contributed by atoms with van der Waals surface area (Å²) in [6, 6.07) is 0. The summed E-state index contributed by atoms with van der Waals surface area (Å²) in [6.07, 6.45) is 12.7. The first-order valence-electron chi connectivity index (χ1n) is 6.87. The number of rotatable bonds is 10. The Hall–Kier alpha value is 0.290. The molecule has 15 heavy (non-hydrogen) atoms. The molecule has 0 aromatic carbocycles. The Morgan fingerprint density at radius 2 is 1.07 bits per heavy atom. The van der Waals surface area contributed by atoms with E-state index in [1.54, 1.807) is 0 Å². The van der Waals surface area contributed by atoms with Crippen LogP contribution in [0.15, 0.2) is 0 Å². The molecule has 0 heterocycles. The summed E-state index contributed by atoms with van der Waals surface area (Å²) in [5.74, 6) is 0. The number of unbranched alkanes of at least 4 members (excludes halogenated alkanes) is 4. The van der Waals surface area contributed by atoms with Crippen LogP contribution in [0.5, 0.6) is 0 Å². The molecule has 0 aliphatic heterocycles. The highest BCUT2D eigenvalue weighted by Gasteiger charge is 2.24. The zero-order valence-electron chi connectivity index (χ0n) is 10.9. The summed E-state index contributed by atoms with van der Waals surface area (Å²) in [5.41, 5.74) is 0. The molecule has 0 N–H and O–H groups in total. The molecule has 0 fully saturated rings. The van der Waals surface area contributed by atoms with Gasteiger partial charge in [-0.2, -0.15) is 0 Å². The molecule has 0 amide bonds. The first kappa shape index (κ1) is 15.3. The molecule has 0 aliphatic carbocycles. The predicted octanol–water partition coefficient (Wildman–Crippen LogP) is 5.92. The van der Waals surface area contributed by atoms with E-state index in [0.717, 1.165) is 0 Å². The van der Waals surface area contributed by atoms with Gasteiger partial charge in [-0.05, 0) is 19.3 Å². The Bertz CT molecular complexity index is 123. The van der Waals surface area contributed by atoms with Crippen LogP contribution < -0.4 is 0 Å². The molecule has 0 radical (unpaired) electrons. The van der Waals surface area contributed by atoms with Crippen LogP contribution in [0, 0.1) is 0 Å². The van der Waals surface area contributed by atoms with E-state index >= 15 is 0 Å². The Morgan fingerprint density at radius 3 is 1.47 bits per heavy atom.